The van der Waals surface area contributed by atoms with Crippen LogP contribution in [-0.2, 0) is 12.8 Å². The van der Waals surface area contributed by atoms with Crippen molar-refractivity contribution in [3.63, 3.8) is 0 Å². The summed E-state index contributed by atoms with van der Waals surface area (Å²) in [6, 6.07) is 10.1. The third-order valence-corrected chi connectivity index (χ3v) is 5.40. The van der Waals surface area contributed by atoms with Gasteiger partial charge >= 0.3 is 0 Å². The molecule has 1 amide bonds. The summed E-state index contributed by atoms with van der Waals surface area (Å²) in [6.45, 7) is 2.77. The fourth-order valence-corrected chi connectivity index (χ4v) is 3.96. The second-order valence-electron chi connectivity index (χ2n) is 6.91. The zero-order chi connectivity index (χ0) is 18.2. The highest BCUT2D eigenvalue weighted by molar-refractivity contribution is 5.96. The third kappa shape index (κ3) is 2.75. The Morgan fingerprint density at radius 1 is 0.963 bits per heavy atom. The first-order valence-electron chi connectivity index (χ1n) is 9.28. The smallest absolute Gasteiger partial charge is 0.272 e. The van der Waals surface area contributed by atoms with Gasteiger partial charge in [0.1, 0.15) is 5.69 Å². The number of anilines is 1. The van der Waals surface area contributed by atoms with Gasteiger partial charge < -0.3 is 9.80 Å². The van der Waals surface area contributed by atoms with Crippen molar-refractivity contribution in [3.8, 4) is 11.3 Å². The molecule has 2 aliphatic rings. The number of hydrogen-bond acceptors (Lipinski definition) is 5. The lowest BCUT2D eigenvalue weighted by atomic mass is 9.89. The molecule has 5 rings (SSSR count). The molecule has 1 aliphatic heterocycles. The molecule has 0 radical (unpaired) electrons. The van der Waals surface area contributed by atoms with Gasteiger partial charge in [0.25, 0.3) is 5.91 Å². The summed E-state index contributed by atoms with van der Waals surface area (Å²) in [5, 5.41) is 7.49. The number of rotatable bonds is 2. The number of piperazine rings is 1. The van der Waals surface area contributed by atoms with Crippen molar-refractivity contribution in [1.29, 1.82) is 0 Å². The van der Waals surface area contributed by atoms with Gasteiger partial charge in [-0.3, -0.25) is 9.89 Å². The Kier molecular flexibility index (Phi) is 3.85. The first-order valence-corrected chi connectivity index (χ1v) is 9.28. The first-order chi connectivity index (χ1) is 13.3. The Labute approximate surface area is 157 Å². The maximum absolute atomic E-state index is 13.1. The quantitative estimate of drug-likeness (QED) is 0.756. The Hall–Kier alpha value is -3.22. The number of nitrogens with one attached hydrogen (secondary N) is 1. The van der Waals surface area contributed by atoms with E-state index in [1.54, 1.807) is 12.4 Å². The lowest BCUT2D eigenvalue weighted by molar-refractivity contribution is 0.0739. The molecular formula is C20H20N6O. The minimum Gasteiger partial charge on any atom is -0.337 e. The van der Waals surface area contributed by atoms with Gasteiger partial charge in [-0.2, -0.15) is 5.10 Å². The Balaban J connectivity index is 1.34. The van der Waals surface area contributed by atoms with E-state index >= 15 is 0 Å². The maximum Gasteiger partial charge on any atom is 0.272 e. The molecule has 1 N–H and O–H groups in total. The van der Waals surface area contributed by atoms with Gasteiger partial charge in [0.05, 0.1) is 5.69 Å². The molecule has 1 aliphatic carbocycles. The molecule has 1 saturated heterocycles. The van der Waals surface area contributed by atoms with E-state index in [2.05, 4.69) is 43.3 Å². The van der Waals surface area contributed by atoms with Crippen LogP contribution in [-0.4, -0.2) is 57.2 Å². The van der Waals surface area contributed by atoms with E-state index in [1.165, 1.54) is 5.56 Å². The lowest BCUT2D eigenvalue weighted by Gasteiger charge is -2.34. The molecule has 7 nitrogen and oxygen atoms in total. The Morgan fingerprint density at radius 3 is 2.56 bits per heavy atom. The minimum absolute atomic E-state index is 0.0387. The molecule has 7 heteroatoms. The van der Waals surface area contributed by atoms with Crippen molar-refractivity contribution in [2.45, 2.75) is 12.8 Å². The molecule has 3 aromatic rings. The highest BCUT2D eigenvalue weighted by Crippen LogP contribution is 2.33. The van der Waals surface area contributed by atoms with Crippen LogP contribution in [0, 0.1) is 0 Å². The highest BCUT2D eigenvalue weighted by Gasteiger charge is 2.29. The topological polar surface area (TPSA) is 78.0 Å². The summed E-state index contributed by atoms with van der Waals surface area (Å²) in [5.74, 6) is 0.761. The van der Waals surface area contributed by atoms with Gasteiger partial charge in [0, 0.05) is 49.7 Å². The van der Waals surface area contributed by atoms with Crippen molar-refractivity contribution in [3.05, 3.63) is 59.5 Å². The second kappa shape index (κ2) is 6.50. The van der Waals surface area contributed by atoms with Crippen LogP contribution < -0.4 is 4.90 Å². The van der Waals surface area contributed by atoms with Crippen LogP contribution in [0.1, 0.15) is 21.6 Å². The van der Waals surface area contributed by atoms with Crippen LogP contribution in [0.25, 0.3) is 11.3 Å². The second-order valence-corrected chi connectivity index (χ2v) is 6.91. The van der Waals surface area contributed by atoms with Gasteiger partial charge in [0.15, 0.2) is 0 Å². The molecular weight excluding hydrogens is 340 g/mol. The highest BCUT2D eigenvalue weighted by atomic mass is 16.2. The molecule has 0 bridgehead atoms. The van der Waals surface area contributed by atoms with Crippen molar-refractivity contribution in [2.24, 2.45) is 0 Å². The maximum atomic E-state index is 13.1. The van der Waals surface area contributed by atoms with E-state index < -0.39 is 0 Å². The predicted octanol–water partition coefficient (Wildman–Crippen LogP) is 1.93. The van der Waals surface area contributed by atoms with Gasteiger partial charge in [0.2, 0.25) is 5.95 Å². The molecule has 3 heterocycles. The number of aryl methyl sites for hydroxylation is 1. The summed E-state index contributed by atoms with van der Waals surface area (Å²) in [6.07, 6.45) is 5.28. The Morgan fingerprint density at radius 2 is 1.74 bits per heavy atom. The normalized spacial score (nSPS) is 16.0. The van der Waals surface area contributed by atoms with E-state index in [1.807, 2.05) is 17.0 Å². The zero-order valence-electron chi connectivity index (χ0n) is 14.9. The number of hydrogen-bond donors (Lipinski definition) is 1. The van der Waals surface area contributed by atoms with Crippen molar-refractivity contribution in [2.75, 3.05) is 31.1 Å². The summed E-state index contributed by atoms with van der Waals surface area (Å²) in [5.41, 5.74) is 5.06. The molecule has 0 unspecified atom stereocenters. The summed E-state index contributed by atoms with van der Waals surface area (Å²) in [4.78, 5) is 25.7. The number of carbonyl (C=O) groups excluding carboxylic acids is 1. The van der Waals surface area contributed by atoms with Crippen LogP contribution in [0.2, 0.25) is 0 Å². The molecule has 1 fully saturated rings. The van der Waals surface area contributed by atoms with Gasteiger partial charge in [-0.15, -0.1) is 0 Å². The van der Waals surface area contributed by atoms with E-state index in [4.69, 9.17) is 0 Å². The summed E-state index contributed by atoms with van der Waals surface area (Å²) < 4.78 is 0. The van der Waals surface area contributed by atoms with E-state index in [-0.39, 0.29) is 5.91 Å². The fraction of sp³-hybridized carbons (Fsp3) is 0.300. The van der Waals surface area contributed by atoms with Crippen LogP contribution in [0.3, 0.4) is 0 Å². The number of nitrogens with zero attached hydrogens (tertiary/aromatic N) is 5. The average molecular weight is 360 g/mol. The zero-order valence-corrected chi connectivity index (χ0v) is 14.9. The molecule has 136 valence electrons. The van der Waals surface area contributed by atoms with Gasteiger partial charge in [-0.25, -0.2) is 9.97 Å². The summed E-state index contributed by atoms with van der Waals surface area (Å²) in [7, 11) is 0. The SMILES string of the molecule is O=C(c1[nH]nc2c1CCc1ccccc1-2)N1CCN(c2ncccn2)CC1. The summed E-state index contributed by atoms with van der Waals surface area (Å²) >= 11 is 0. The minimum atomic E-state index is 0.0387. The number of aromatic amines is 1. The third-order valence-electron chi connectivity index (χ3n) is 5.40. The lowest BCUT2D eigenvalue weighted by Crippen LogP contribution is -2.49. The number of benzene rings is 1. The molecule has 1 aromatic carbocycles. The molecule has 2 aromatic heterocycles. The van der Waals surface area contributed by atoms with E-state index in [0.29, 0.717) is 18.8 Å². The predicted molar refractivity (Wildman–Crippen MR) is 102 cm³/mol. The van der Waals surface area contributed by atoms with E-state index in [9.17, 15) is 4.79 Å². The number of amides is 1. The van der Waals surface area contributed by atoms with Gasteiger partial charge in [-0.05, 0) is 24.5 Å². The number of carbonyl (C=O) groups is 1. The van der Waals surface area contributed by atoms with Crippen molar-refractivity contribution in [1.82, 2.24) is 25.1 Å². The van der Waals surface area contributed by atoms with Gasteiger partial charge in [-0.1, -0.05) is 24.3 Å². The number of H-pyrrole nitrogens is 1. The van der Waals surface area contributed by atoms with Crippen LogP contribution >= 0.6 is 0 Å². The molecule has 27 heavy (non-hydrogen) atoms. The van der Waals surface area contributed by atoms with Crippen molar-refractivity contribution < 1.29 is 4.79 Å². The first kappa shape index (κ1) is 16.0. The van der Waals surface area contributed by atoms with Crippen LogP contribution in [0.4, 0.5) is 5.95 Å². The van der Waals surface area contributed by atoms with E-state index in [0.717, 1.165) is 48.7 Å². The average Bonchev–Trinajstić information content (AvgIpc) is 3.19. The van der Waals surface area contributed by atoms with Crippen LogP contribution in [0.5, 0.6) is 0 Å². The van der Waals surface area contributed by atoms with Crippen molar-refractivity contribution >= 4 is 11.9 Å². The number of fused-ring (bicyclic) bond motifs is 3. The molecule has 0 saturated carbocycles. The monoisotopic (exact) mass is 360 g/mol. The fourth-order valence-electron chi connectivity index (χ4n) is 3.96. The standard InChI is InChI=1S/C20H20N6O/c27-19(25-10-12-26(13-11-25)20-21-8-3-9-22-20)18-16-7-6-14-4-1-2-5-15(14)17(16)23-24-18/h1-5,8-9H,6-7,10-13H2,(H,23,24). The molecule has 0 spiro atoms. The Bertz CT molecular complexity index is 975. The van der Waals surface area contributed by atoms with Crippen LogP contribution in [0.15, 0.2) is 42.7 Å². The largest absolute Gasteiger partial charge is 0.337 e. The number of aromatic nitrogens is 4. The molecule has 0 atom stereocenters.